The third kappa shape index (κ3) is 1.80. The third-order valence-corrected chi connectivity index (χ3v) is 4.60. The molecule has 0 radical (unpaired) electrons. The molecule has 3 aromatic carbocycles. The lowest BCUT2D eigenvalue weighted by molar-refractivity contribution is 1.27. The summed E-state index contributed by atoms with van der Waals surface area (Å²) in [5, 5.41) is 3.84. The van der Waals surface area contributed by atoms with Crippen molar-refractivity contribution in [1.82, 2.24) is 4.40 Å². The summed E-state index contributed by atoms with van der Waals surface area (Å²) in [6, 6.07) is 30.3. The average Bonchev–Trinajstić information content (AvgIpc) is 3.11. The molecule has 0 aliphatic rings. The van der Waals surface area contributed by atoms with Crippen molar-refractivity contribution < 1.29 is 0 Å². The van der Waals surface area contributed by atoms with Crippen LogP contribution in [0.5, 0.6) is 0 Å². The highest BCUT2D eigenvalue weighted by Gasteiger charge is 2.10. The molecule has 0 amide bonds. The van der Waals surface area contributed by atoms with E-state index in [4.69, 9.17) is 0 Å². The number of fused-ring (bicyclic) bond motifs is 4. The maximum Gasteiger partial charge on any atom is 0.0535 e. The van der Waals surface area contributed by atoms with E-state index < -0.39 is 0 Å². The van der Waals surface area contributed by atoms with Gasteiger partial charge in [0.25, 0.3) is 0 Å². The highest BCUT2D eigenvalue weighted by molar-refractivity contribution is 6.03. The minimum Gasteiger partial charge on any atom is -0.316 e. The van der Waals surface area contributed by atoms with E-state index in [0.29, 0.717) is 0 Å². The SMILES string of the molecule is c1ccc2c(-c3cc4ccccc4n4cccc34)cccc2c1. The first-order valence-corrected chi connectivity index (χ1v) is 7.89. The van der Waals surface area contributed by atoms with Gasteiger partial charge in [-0.05, 0) is 46.0 Å². The maximum absolute atomic E-state index is 2.31. The Morgan fingerprint density at radius 1 is 0.522 bits per heavy atom. The van der Waals surface area contributed by atoms with Crippen LogP contribution in [0.15, 0.2) is 91.1 Å². The highest BCUT2D eigenvalue weighted by atomic mass is 14.9. The summed E-state index contributed by atoms with van der Waals surface area (Å²) in [5.74, 6) is 0. The van der Waals surface area contributed by atoms with Crippen LogP contribution in [0.3, 0.4) is 0 Å². The Kier molecular flexibility index (Phi) is 2.56. The Labute approximate surface area is 134 Å². The first-order chi connectivity index (χ1) is 11.4. The molecule has 5 rings (SSSR count). The van der Waals surface area contributed by atoms with E-state index in [1.807, 2.05) is 0 Å². The van der Waals surface area contributed by atoms with Gasteiger partial charge in [0.05, 0.1) is 11.0 Å². The topological polar surface area (TPSA) is 4.41 Å². The molecule has 1 nitrogen and oxygen atoms in total. The molecule has 2 heterocycles. The van der Waals surface area contributed by atoms with Gasteiger partial charge < -0.3 is 4.40 Å². The summed E-state index contributed by atoms with van der Waals surface area (Å²) in [7, 11) is 0. The van der Waals surface area contributed by atoms with Crippen LogP contribution in [-0.4, -0.2) is 4.40 Å². The van der Waals surface area contributed by atoms with Crippen molar-refractivity contribution in [2.24, 2.45) is 0 Å². The van der Waals surface area contributed by atoms with Crippen LogP contribution in [0.2, 0.25) is 0 Å². The summed E-state index contributed by atoms with van der Waals surface area (Å²) in [5.41, 5.74) is 5.07. The molecular weight excluding hydrogens is 278 g/mol. The molecule has 0 atom stereocenters. The second-order valence-corrected chi connectivity index (χ2v) is 5.91. The van der Waals surface area contributed by atoms with Crippen LogP contribution in [0.25, 0.3) is 38.3 Å². The Bertz CT molecular complexity index is 1160. The quantitative estimate of drug-likeness (QED) is 0.362. The van der Waals surface area contributed by atoms with Crippen molar-refractivity contribution in [3.63, 3.8) is 0 Å². The molecule has 0 saturated heterocycles. The van der Waals surface area contributed by atoms with Gasteiger partial charge in [-0.25, -0.2) is 0 Å². The molecule has 5 aromatic rings. The second-order valence-electron chi connectivity index (χ2n) is 5.91. The van der Waals surface area contributed by atoms with Crippen molar-refractivity contribution in [3.8, 4) is 11.1 Å². The fraction of sp³-hybridized carbons (Fsp3) is 0. The summed E-state index contributed by atoms with van der Waals surface area (Å²) < 4.78 is 2.28. The largest absolute Gasteiger partial charge is 0.316 e. The lowest BCUT2D eigenvalue weighted by Gasteiger charge is -2.12. The molecule has 0 N–H and O–H groups in total. The molecule has 0 fully saturated rings. The normalized spacial score (nSPS) is 11.5. The van der Waals surface area contributed by atoms with Crippen LogP contribution < -0.4 is 0 Å². The molecule has 23 heavy (non-hydrogen) atoms. The van der Waals surface area contributed by atoms with Gasteiger partial charge in [-0.15, -0.1) is 0 Å². The fourth-order valence-electron chi connectivity index (χ4n) is 3.54. The number of hydrogen-bond donors (Lipinski definition) is 0. The maximum atomic E-state index is 2.31. The van der Waals surface area contributed by atoms with Crippen LogP contribution in [0, 0.1) is 0 Å². The predicted octanol–water partition coefficient (Wildman–Crippen LogP) is 5.91. The van der Waals surface area contributed by atoms with Gasteiger partial charge in [0, 0.05) is 11.8 Å². The zero-order valence-corrected chi connectivity index (χ0v) is 12.6. The molecule has 0 saturated carbocycles. The minimum atomic E-state index is 1.25. The lowest BCUT2D eigenvalue weighted by atomic mass is 9.97. The number of hydrogen-bond acceptors (Lipinski definition) is 0. The lowest BCUT2D eigenvalue weighted by Crippen LogP contribution is -1.90. The van der Waals surface area contributed by atoms with Crippen molar-refractivity contribution in [2.45, 2.75) is 0 Å². The molecule has 1 heteroatoms. The standard InChI is InChI=1S/C22H15N/c1-3-10-18-16(7-1)9-5-11-19(18)20-15-17-8-2-4-12-21(17)23-14-6-13-22(20)23/h1-15H. The van der Waals surface area contributed by atoms with E-state index in [0.717, 1.165) is 0 Å². The van der Waals surface area contributed by atoms with E-state index in [-0.39, 0.29) is 0 Å². The predicted molar refractivity (Wildman–Crippen MR) is 97.8 cm³/mol. The zero-order valence-electron chi connectivity index (χ0n) is 12.6. The van der Waals surface area contributed by atoms with Crippen LogP contribution in [0.1, 0.15) is 0 Å². The van der Waals surface area contributed by atoms with Crippen molar-refractivity contribution in [2.75, 3.05) is 0 Å². The minimum absolute atomic E-state index is 1.25. The van der Waals surface area contributed by atoms with Gasteiger partial charge in [0.15, 0.2) is 0 Å². The molecule has 0 bridgehead atoms. The van der Waals surface area contributed by atoms with E-state index >= 15 is 0 Å². The average molecular weight is 293 g/mol. The Morgan fingerprint density at radius 3 is 2.22 bits per heavy atom. The van der Waals surface area contributed by atoms with E-state index in [9.17, 15) is 0 Å². The number of nitrogens with zero attached hydrogens (tertiary/aromatic N) is 1. The summed E-state index contributed by atoms with van der Waals surface area (Å²) in [4.78, 5) is 0. The zero-order chi connectivity index (χ0) is 15.2. The number of aromatic nitrogens is 1. The summed E-state index contributed by atoms with van der Waals surface area (Å²) in [6.07, 6.45) is 2.15. The number of benzene rings is 3. The molecule has 0 aliphatic carbocycles. The Hall–Kier alpha value is -3.06. The van der Waals surface area contributed by atoms with Crippen molar-refractivity contribution >= 4 is 27.2 Å². The molecular formula is C22H15N. The monoisotopic (exact) mass is 293 g/mol. The van der Waals surface area contributed by atoms with Gasteiger partial charge in [0.2, 0.25) is 0 Å². The van der Waals surface area contributed by atoms with Crippen LogP contribution in [0.4, 0.5) is 0 Å². The smallest absolute Gasteiger partial charge is 0.0535 e. The number of para-hydroxylation sites is 1. The molecule has 0 spiro atoms. The first-order valence-electron chi connectivity index (χ1n) is 7.89. The van der Waals surface area contributed by atoms with E-state index in [1.165, 1.54) is 38.3 Å². The van der Waals surface area contributed by atoms with Crippen molar-refractivity contribution in [1.29, 1.82) is 0 Å². The highest BCUT2D eigenvalue weighted by Crippen LogP contribution is 2.34. The van der Waals surface area contributed by atoms with Gasteiger partial charge in [-0.3, -0.25) is 0 Å². The molecule has 0 aliphatic heterocycles. The fourth-order valence-corrected chi connectivity index (χ4v) is 3.54. The van der Waals surface area contributed by atoms with Gasteiger partial charge in [-0.2, -0.15) is 0 Å². The summed E-state index contributed by atoms with van der Waals surface area (Å²) in [6.45, 7) is 0. The van der Waals surface area contributed by atoms with Gasteiger partial charge >= 0.3 is 0 Å². The van der Waals surface area contributed by atoms with Gasteiger partial charge in [-0.1, -0.05) is 60.7 Å². The third-order valence-electron chi connectivity index (χ3n) is 4.60. The second kappa shape index (κ2) is 4.72. The van der Waals surface area contributed by atoms with E-state index in [2.05, 4.69) is 95.5 Å². The molecule has 2 aromatic heterocycles. The number of pyridine rings is 1. The van der Waals surface area contributed by atoms with Crippen LogP contribution in [-0.2, 0) is 0 Å². The van der Waals surface area contributed by atoms with E-state index in [1.54, 1.807) is 0 Å². The van der Waals surface area contributed by atoms with Gasteiger partial charge in [0.1, 0.15) is 0 Å². The Morgan fingerprint density at radius 2 is 1.26 bits per heavy atom. The number of rotatable bonds is 1. The Balaban J connectivity index is 1.96. The molecule has 108 valence electrons. The first kappa shape index (κ1) is 12.5. The van der Waals surface area contributed by atoms with Crippen molar-refractivity contribution in [3.05, 3.63) is 91.1 Å². The summed E-state index contributed by atoms with van der Waals surface area (Å²) >= 11 is 0. The molecule has 0 unspecified atom stereocenters. The van der Waals surface area contributed by atoms with Crippen LogP contribution >= 0.6 is 0 Å².